The molecule has 2 aliphatic rings. The van der Waals surface area contributed by atoms with Crippen LogP contribution in [-0.4, -0.2) is 24.9 Å². The molecule has 0 saturated carbocycles. The molecule has 1 aliphatic carbocycles. The summed E-state index contributed by atoms with van der Waals surface area (Å²) in [5, 5.41) is 2.98. The summed E-state index contributed by atoms with van der Waals surface area (Å²) in [6, 6.07) is 15.7. The van der Waals surface area contributed by atoms with Crippen LogP contribution in [0.1, 0.15) is 56.1 Å². The number of amides is 1. The number of allylic oxidation sites excluding steroid dienone is 2. The number of hydrogen-bond donors (Lipinski definition) is 1. The van der Waals surface area contributed by atoms with Gasteiger partial charge in [-0.1, -0.05) is 36.4 Å². The van der Waals surface area contributed by atoms with Gasteiger partial charge in [0.15, 0.2) is 17.3 Å². The molecule has 0 aromatic heterocycles. The first-order chi connectivity index (χ1) is 14.5. The average Bonchev–Trinajstić information content (AvgIpc) is 2.73. The lowest BCUT2D eigenvalue weighted by Gasteiger charge is -2.34. The highest BCUT2D eigenvalue weighted by Gasteiger charge is 2.38. The highest BCUT2D eigenvalue weighted by atomic mass is 16.5. The van der Waals surface area contributed by atoms with Crippen LogP contribution in [0, 0.1) is 0 Å². The first-order valence-corrected chi connectivity index (χ1v) is 10.4. The van der Waals surface area contributed by atoms with Crippen molar-refractivity contribution < 1.29 is 19.1 Å². The molecule has 5 nitrogen and oxygen atoms in total. The Morgan fingerprint density at radius 1 is 0.933 bits per heavy atom. The van der Waals surface area contributed by atoms with Gasteiger partial charge >= 0.3 is 0 Å². The van der Waals surface area contributed by atoms with Crippen molar-refractivity contribution in [2.75, 3.05) is 7.11 Å². The van der Waals surface area contributed by atoms with Gasteiger partial charge in [0.1, 0.15) is 0 Å². The molecule has 1 amide bonds. The minimum atomic E-state index is -0.264. The van der Waals surface area contributed by atoms with E-state index in [0.29, 0.717) is 24.3 Å². The van der Waals surface area contributed by atoms with Crippen molar-refractivity contribution in [2.24, 2.45) is 0 Å². The molecule has 2 atom stereocenters. The van der Waals surface area contributed by atoms with E-state index >= 15 is 0 Å². The van der Waals surface area contributed by atoms with Gasteiger partial charge in [0.05, 0.1) is 13.2 Å². The smallest absolute Gasteiger partial charge is 0.225 e. The van der Waals surface area contributed by atoms with E-state index in [0.717, 1.165) is 22.4 Å². The molecule has 4 rings (SSSR count). The summed E-state index contributed by atoms with van der Waals surface area (Å²) in [6.07, 6.45) is 1.41. The fourth-order valence-electron chi connectivity index (χ4n) is 4.46. The maximum atomic E-state index is 13.2. The normalized spacial score (nSPS) is 21.3. The second kappa shape index (κ2) is 8.34. The minimum Gasteiger partial charge on any atom is -0.493 e. The van der Waals surface area contributed by atoms with Crippen molar-refractivity contribution >= 4 is 11.7 Å². The van der Waals surface area contributed by atoms with Gasteiger partial charge < -0.3 is 14.8 Å². The monoisotopic (exact) mass is 405 g/mol. The first-order valence-electron chi connectivity index (χ1n) is 10.4. The van der Waals surface area contributed by atoms with Crippen molar-refractivity contribution in [1.29, 1.82) is 0 Å². The zero-order valence-electron chi connectivity index (χ0n) is 17.6. The number of nitrogens with one attached hydrogen (secondary N) is 1. The summed E-state index contributed by atoms with van der Waals surface area (Å²) < 4.78 is 11.3. The SMILES string of the molecule is COc1cc(C2CC(=O)NC3=C2C(=O)CC(c2ccccc2)C3)ccc1OC(C)C. The average molecular weight is 405 g/mol. The van der Waals surface area contributed by atoms with Crippen molar-refractivity contribution in [3.05, 3.63) is 70.9 Å². The standard InChI is InChI=1S/C25H27NO4/c1-15(2)30-22-10-9-17(13-23(22)29-3)19-14-24(28)26-20-11-18(12-21(27)25(19)20)16-7-5-4-6-8-16/h4-10,13,15,18-19H,11-12,14H2,1-3H3,(H,26,28). The fourth-order valence-corrected chi connectivity index (χ4v) is 4.46. The Morgan fingerprint density at radius 3 is 2.40 bits per heavy atom. The maximum Gasteiger partial charge on any atom is 0.225 e. The number of ether oxygens (including phenoxy) is 2. The Bertz CT molecular complexity index is 993. The molecule has 2 aromatic rings. The van der Waals surface area contributed by atoms with E-state index in [1.54, 1.807) is 7.11 Å². The van der Waals surface area contributed by atoms with Crippen LogP contribution in [0.2, 0.25) is 0 Å². The molecule has 5 heteroatoms. The van der Waals surface area contributed by atoms with Crippen LogP contribution in [0.4, 0.5) is 0 Å². The number of carbonyl (C=O) groups is 2. The van der Waals surface area contributed by atoms with E-state index < -0.39 is 0 Å². The maximum absolute atomic E-state index is 13.2. The summed E-state index contributed by atoms with van der Waals surface area (Å²) in [5.41, 5.74) is 3.53. The third-order valence-corrected chi connectivity index (χ3v) is 5.76. The number of benzene rings is 2. The van der Waals surface area contributed by atoms with Gasteiger partial charge in [-0.15, -0.1) is 0 Å². The molecule has 1 N–H and O–H groups in total. The molecule has 0 bridgehead atoms. The van der Waals surface area contributed by atoms with Crippen LogP contribution < -0.4 is 14.8 Å². The first kappa shape index (κ1) is 20.2. The van der Waals surface area contributed by atoms with Gasteiger partial charge in [-0.05, 0) is 49.4 Å². The van der Waals surface area contributed by atoms with Crippen LogP contribution in [0.15, 0.2) is 59.8 Å². The largest absolute Gasteiger partial charge is 0.493 e. The lowest BCUT2D eigenvalue weighted by Crippen LogP contribution is -2.38. The summed E-state index contributed by atoms with van der Waals surface area (Å²) in [7, 11) is 1.60. The quantitative estimate of drug-likeness (QED) is 0.796. The third kappa shape index (κ3) is 3.97. The van der Waals surface area contributed by atoms with Crippen LogP contribution in [-0.2, 0) is 9.59 Å². The Hall–Kier alpha value is -3.08. The van der Waals surface area contributed by atoms with E-state index in [2.05, 4.69) is 5.32 Å². The molecule has 2 unspecified atom stereocenters. The second-order valence-corrected chi connectivity index (χ2v) is 8.21. The lowest BCUT2D eigenvalue weighted by molar-refractivity contribution is -0.122. The van der Waals surface area contributed by atoms with Crippen molar-refractivity contribution in [3.63, 3.8) is 0 Å². The summed E-state index contributed by atoms with van der Waals surface area (Å²) in [6.45, 7) is 3.92. The Kier molecular flexibility index (Phi) is 5.62. The predicted molar refractivity (Wildman–Crippen MR) is 115 cm³/mol. The van der Waals surface area contributed by atoms with Crippen molar-refractivity contribution in [1.82, 2.24) is 5.32 Å². The molecular formula is C25H27NO4. The van der Waals surface area contributed by atoms with Crippen molar-refractivity contribution in [2.45, 2.75) is 51.0 Å². The van der Waals surface area contributed by atoms with E-state index in [1.165, 1.54) is 0 Å². The van der Waals surface area contributed by atoms with Crippen LogP contribution in [0.5, 0.6) is 11.5 Å². The lowest BCUT2D eigenvalue weighted by atomic mass is 9.73. The van der Waals surface area contributed by atoms with Gasteiger partial charge in [-0.25, -0.2) is 0 Å². The van der Waals surface area contributed by atoms with Gasteiger partial charge in [0.25, 0.3) is 0 Å². The number of methoxy groups -OCH3 is 1. The van der Waals surface area contributed by atoms with E-state index in [4.69, 9.17) is 9.47 Å². The Labute approximate surface area is 177 Å². The van der Waals surface area contributed by atoms with Crippen LogP contribution >= 0.6 is 0 Å². The molecule has 0 fully saturated rings. The molecule has 30 heavy (non-hydrogen) atoms. The molecule has 2 aromatic carbocycles. The van der Waals surface area contributed by atoms with E-state index in [1.807, 2.05) is 62.4 Å². The van der Waals surface area contributed by atoms with Gasteiger partial charge in [0, 0.05) is 30.0 Å². The summed E-state index contributed by atoms with van der Waals surface area (Å²) in [4.78, 5) is 25.7. The zero-order chi connectivity index (χ0) is 21.3. The molecule has 1 heterocycles. The van der Waals surface area contributed by atoms with Crippen LogP contribution in [0.3, 0.4) is 0 Å². The number of carbonyl (C=O) groups excluding carboxylic acids is 2. The summed E-state index contributed by atoms with van der Waals surface area (Å²) in [5.74, 6) is 1.15. The highest BCUT2D eigenvalue weighted by molar-refractivity contribution is 6.02. The van der Waals surface area contributed by atoms with Gasteiger partial charge in [-0.2, -0.15) is 0 Å². The molecule has 0 saturated heterocycles. The highest BCUT2D eigenvalue weighted by Crippen LogP contribution is 2.44. The molecule has 0 spiro atoms. The molecular weight excluding hydrogens is 378 g/mol. The minimum absolute atomic E-state index is 0.0226. The number of ketones is 1. The molecule has 156 valence electrons. The van der Waals surface area contributed by atoms with E-state index in [9.17, 15) is 9.59 Å². The number of rotatable bonds is 5. The second-order valence-electron chi connectivity index (χ2n) is 8.21. The Morgan fingerprint density at radius 2 is 1.70 bits per heavy atom. The molecule has 0 radical (unpaired) electrons. The Balaban J connectivity index is 1.69. The van der Waals surface area contributed by atoms with E-state index in [-0.39, 0.29) is 36.1 Å². The molecule has 1 aliphatic heterocycles. The topological polar surface area (TPSA) is 64.6 Å². The third-order valence-electron chi connectivity index (χ3n) is 5.76. The van der Waals surface area contributed by atoms with Crippen molar-refractivity contribution in [3.8, 4) is 11.5 Å². The van der Waals surface area contributed by atoms with Gasteiger partial charge in [-0.3, -0.25) is 9.59 Å². The zero-order valence-corrected chi connectivity index (χ0v) is 17.6. The number of Topliss-reactive ketones (excluding diaryl/α,β-unsaturated/α-hetero) is 1. The van der Waals surface area contributed by atoms with Crippen LogP contribution in [0.25, 0.3) is 0 Å². The van der Waals surface area contributed by atoms with Gasteiger partial charge in [0.2, 0.25) is 5.91 Å². The predicted octanol–water partition coefficient (Wildman–Crippen LogP) is 4.49. The fraction of sp³-hybridized carbons (Fsp3) is 0.360. The summed E-state index contributed by atoms with van der Waals surface area (Å²) >= 11 is 0. The number of hydrogen-bond acceptors (Lipinski definition) is 4.